The summed E-state index contributed by atoms with van der Waals surface area (Å²) in [4.78, 5) is 14.9. The second-order valence-electron chi connectivity index (χ2n) is 6.12. The van der Waals surface area contributed by atoms with E-state index in [-0.39, 0.29) is 11.9 Å². The lowest BCUT2D eigenvalue weighted by molar-refractivity contribution is -0.126. The van der Waals surface area contributed by atoms with E-state index in [2.05, 4.69) is 20.6 Å². The van der Waals surface area contributed by atoms with E-state index in [4.69, 9.17) is 0 Å². The second kappa shape index (κ2) is 6.58. The van der Waals surface area contributed by atoms with Crippen molar-refractivity contribution in [3.63, 3.8) is 0 Å². The lowest BCUT2D eigenvalue weighted by Gasteiger charge is -2.35. The van der Waals surface area contributed by atoms with Gasteiger partial charge in [0.2, 0.25) is 5.91 Å². The molecule has 3 rings (SSSR count). The molecule has 2 aliphatic heterocycles. The molecule has 1 amide bonds. The number of aromatic nitrogens is 2. The van der Waals surface area contributed by atoms with Crippen molar-refractivity contribution in [2.75, 3.05) is 19.6 Å². The number of carbonyl (C=O) groups excluding carboxylic acids is 1. The molecule has 0 aliphatic carbocycles. The molecule has 2 aliphatic rings. The molecule has 21 heavy (non-hydrogen) atoms. The highest BCUT2D eigenvalue weighted by Gasteiger charge is 2.35. The third-order valence-corrected chi connectivity index (χ3v) is 4.60. The van der Waals surface area contributed by atoms with Gasteiger partial charge in [-0.25, -0.2) is 0 Å². The predicted octanol–water partition coefficient (Wildman–Crippen LogP) is 0.253. The number of nitrogens with zero attached hydrogens (tertiary/aromatic N) is 3. The van der Waals surface area contributed by atoms with Crippen molar-refractivity contribution in [1.29, 1.82) is 0 Å². The lowest BCUT2D eigenvalue weighted by atomic mass is 10.0. The van der Waals surface area contributed by atoms with Crippen LogP contribution < -0.4 is 10.6 Å². The smallest absolute Gasteiger partial charge is 0.237 e. The van der Waals surface area contributed by atoms with Crippen molar-refractivity contribution in [3.8, 4) is 0 Å². The number of hydrogen-bond acceptors (Lipinski definition) is 4. The maximum Gasteiger partial charge on any atom is 0.237 e. The van der Waals surface area contributed by atoms with E-state index >= 15 is 0 Å². The molecule has 6 heteroatoms. The van der Waals surface area contributed by atoms with E-state index in [0.717, 1.165) is 50.9 Å². The zero-order chi connectivity index (χ0) is 14.7. The predicted molar refractivity (Wildman–Crippen MR) is 80.7 cm³/mol. The molecule has 0 spiro atoms. The van der Waals surface area contributed by atoms with E-state index < -0.39 is 0 Å². The van der Waals surface area contributed by atoms with E-state index in [0.29, 0.717) is 12.6 Å². The van der Waals surface area contributed by atoms with Crippen LogP contribution in [-0.4, -0.2) is 52.3 Å². The summed E-state index contributed by atoms with van der Waals surface area (Å²) < 4.78 is 1.76. The molecule has 0 radical (unpaired) electrons. The van der Waals surface area contributed by atoms with Crippen molar-refractivity contribution in [2.45, 2.75) is 44.3 Å². The van der Waals surface area contributed by atoms with Gasteiger partial charge in [-0.2, -0.15) is 5.10 Å². The van der Waals surface area contributed by atoms with Gasteiger partial charge in [-0.05, 0) is 45.3 Å². The van der Waals surface area contributed by atoms with Gasteiger partial charge in [-0.3, -0.25) is 14.4 Å². The van der Waals surface area contributed by atoms with Gasteiger partial charge in [0.15, 0.2) is 0 Å². The van der Waals surface area contributed by atoms with Crippen molar-refractivity contribution in [1.82, 2.24) is 25.3 Å². The Morgan fingerprint density at radius 1 is 1.43 bits per heavy atom. The number of piperidine rings is 1. The maximum absolute atomic E-state index is 12.5. The van der Waals surface area contributed by atoms with Crippen LogP contribution >= 0.6 is 0 Å². The van der Waals surface area contributed by atoms with E-state index in [9.17, 15) is 4.79 Å². The van der Waals surface area contributed by atoms with Crippen LogP contribution in [0.1, 0.15) is 31.2 Å². The first kappa shape index (κ1) is 14.5. The molecule has 1 aromatic rings. The van der Waals surface area contributed by atoms with Gasteiger partial charge in [0, 0.05) is 31.4 Å². The molecule has 1 unspecified atom stereocenters. The Balaban J connectivity index is 1.55. The Kier molecular flexibility index (Phi) is 4.55. The zero-order valence-electron chi connectivity index (χ0n) is 12.7. The SMILES string of the molecule is Cn1cc(CNC(=O)C2CCCN2C2CCNCC2)cn1. The van der Waals surface area contributed by atoms with Crippen molar-refractivity contribution in [2.24, 2.45) is 7.05 Å². The monoisotopic (exact) mass is 291 g/mol. The van der Waals surface area contributed by atoms with Gasteiger partial charge in [0.1, 0.15) is 0 Å². The van der Waals surface area contributed by atoms with Crippen molar-refractivity contribution >= 4 is 5.91 Å². The van der Waals surface area contributed by atoms with Crippen LogP contribution in [0.15, 0.2) is 12.4 Å². The standard InChI is InChI=1S/C15H25N5O/c1-19-11-12(10-18-19)9-17-15(21)14-3-2-8-20(14)13-4-6-16-7-5-13/h10-11,13-14,16H,2-9H2,1H3,(H,17,21). The van der Waals surface area contributed by atoms with Crippen LogP contribution in [0.5, 0.6) is 0 Å². The molecule has 1 atom stereocenters. The number of nitrogens with one attached hydrogen (secondary N) is 2. The third kappa shape index (κ3) is 3.44. The molecule has 3 heterocycles. The van der Waals surface area contributed by atoms with Crippen LogP contribution in [0.2, 0.25) is 0 Å². The van der Waals surface area contributed by atoms with Crippen LogP contribution in [0.3, 0.4) is 0 Å². The molecular weight excluding hydrogens is 266 g/mol. The zero-order valence-corrected chi connectivity index (χ0v) is 12.7. The minimum Gasteiger partial charge on any atom is -0.351 e. The highest BCUT2D eigenvalue weighted by Crippen LogP contribution is 2.24. The third-order valence-electron chi connectivity index (χ3n) is 4.60. The minimum absolute atomic E-state index is 0.0600. The van der Waals surface area contributed by atoms with Gasteiger partial charge in [-0.15, -0.1) is 0 Å². The largest absolute Gasteiger partial charge is 0.351 e. The Labute approximate surface area is 125 Å². The Bertz CT molecular complexity index is 480. The Hall–Kier alpha value is -1.40. The first-order valence-electron chi connectivity index (χ1n) is 7.96. The van der Waals surface area contributed by atoms with Gasteiger partial charge in [0.05, 0.1) is 12.2 Å². The van der Waals surface area contributed by atoms with E-state index in [1.54, 1.807) is 10.9 Å². The summed E-state index contributed by atoms with van der Waals surface area (Å²) in [5, 5.41) is 10.6. The highest BCUT2D eigenvalue weighted by molar-refractivity contribution is 5.82. The normalized spacial score (nSPS) is 24.3. The number of amides is 1. The van der Waals surface area contributed by atoms with Crippen LogP contribution in [0.4, 0.5) is 0 Å². The second-order valence-corrected chi connectivity index (χ2v) is 6.12. The van der Waals surface area contributed by atoms with Crippen molar-refractivity contribution in [3.05, 3.63) is 18.0 Å². The fourth-order valence-corrected chi connectivity index (χ4v) is 3.52. The number of likely N-dealkylation sites (tertiary alicyclic amines) is 1. The summed E-state index contributed by atoms with van der Waals surface area (Å²) in [7, 11) is 1.89. The molecule has 0 bridgehead atoms. The molecule has 6 nitrogen and oxygen atoms in total. The van der Waals surface area contributed by atoms with Gasteiger partial charge >= 0.3 is 0 Å². The average molecular weight is 291 g/mol. The summed E-state index contributed by atoms with van der Waals surface area (Å²) in [5.41, 5.74) is 1.05. The molecule has 2 saturated heterocycles. The topological polar surface area (TPSA) is 62.2 Å². The van der Waals surface area contributed by atoms with E-state index in [1.807, 2.05) is 13.2 Å². The maximum atomic E-state index is 12.5. The fourth-order valence-electron chi connectivity index (χ4n) is 3.52. The molecule has 2 fully saturated rings. The number of rotatable bonds is 4. The number of carbonyl (C=O) groups is 1. The number of aryl methyl sites for hydroxylation is 1. The van der Waals surface area contributed by atoms with E-state index in [1.165, 1.54) is 0 Å². The lowest BCUT2D eigenvalue weighted by Crippen LogP contribution is -2.50. The van der Waals surface area contributed by atoms with Crippen LogP contribution in [-0.2, 0) is 18.4 Å². The summed E-state index contributed by atoms with van der Waals surface area (Å²) in [6, 6.07) is 0.632. The highest BCUT2D eigenvalue weighted by atomic mass is 16.2. The number of hydrogen-bond donors (Lipinski definition) is 2. The fraction of sp³-hybridized carbons (Fsp3) is 0.733. The molecular formula is C15H25N5O. The summed E-state index contributed by atoms with van der Waals surface area (Å²) in [6.07, 6.45) is 8.19. The summed E-state index contributed by atoms with van der Waals surface area (Å²) >= 11 is 0. The van der Waals surface area contributed by atoms with Crippen LogP contribution in [0, 0.1) is 0 Å². The van der Waals surface area contributed by atoms with Crippen LogP contribution in [0.25, 0.3) is 0 Å². The summed E-state index contributed by atoms with van der Waals surface area (Å²) in [5.74, 6) is 0.176. The van der Waals surface area contributed by atoms with Crippen molar-refractivity contribution < 1.29 is 4.79 Å². The Morgan fingerprint density at radius 3 is 2.95 bits per heavy atom. The van der Waals surface area contributed by atoms with Gasteiger partial charge < -0.3 is 10.6 Å². The van der Waals surface area contributed by atoms with Gasteiger partial charge in [-0.1, -0.05) is 0 Å². The van der Waals surface area contributed by atoms with Gasteiger partial charge in [0.25, 0.3) is 0 Å². The minimum atomic E-state index is 0.0600. The summed E-state index contributed by atoms with van der Waals surface area (Å²) in [6.45, 7) is 3.79. The average Bonchev–Trinajstić information content (AvgIpc) is 3.14. The molecule has 116 valence electrons. The first-order valence-corrected chi connectivity index (χ1v) is 7.96. The molecule has 2 N–H and O–H groups in total. The molecule has 1 aromatic heterocycles. The first-order chi connectivity index (χ1) is 10.2. The Morgan fingerprint density at radius 2 is 2.24 bits per heavy atom. The molecule has 0 aromatic carbocycles. The quantitative estimate of drug-likeness (QED) is 0.835. The molecule has 0 saturated carbocycles.